The summed E-state index contributed by atoms with van der Waals surface area (Å²) in [7, 11) is 0. The predicted molar refractivity (Wildman–Crippen MR) is 110 cm³/mol. The molecule has 0 unspecified atom stereocenters. The molecular formula is C21H22ClN3O4. The van der Waals surface area contributed by atoms with Crippen LogP contribution in [0, 0.1) is 5.92 Å². The number of rotatable bonds is 9. The second-order valence-corrected chi connectivity index (χ2v) is 7.07. The van der Waals surface area contributed by atoms with Crippen molar-refractivity contribution in [2.45, 2.75) is 12.8 Å². The zero-order valence-corrected chi connectivity index (χ0v) is 16.5. The van der Waals surface area contributed by atoms with Gasteiger partial charge in [-0.1, -0.05) is 23.7 Å². The van der Waals surface area contributed by atoms with Crippen molar-refractivity contribution in [2.24, 2.45) is 5.92 Å². The molecule has 7 nitrogen and oxygen atoms in total. The van der Waals surface area contributed by atoms with E-state index in [2.05, 4.69) is 16.0 Å². The predicted octanol–water partition coefficient (Wildman–Crippen LogP) is 2.61. The summed E-state index contributed by atoms with van der Waals surface area (Å²) in [5.74, 6) is 0.0603. The number of carbonyl (C=O) groups excluding carboxylic acids is 3. The fraction of sp³-hybridized carbons (Fsp3) is 0.286. The summed E-state index contributed by atoms with van der Waals surface area (Å²) >= 11 is 5.98. The number of amides is 3. The average Bonchev–Trinajstić information content (AvgIpc) is 3.56. The van der Waals surface area contributed by atoms with E-state index in [1.807, 2.05) is 0 Å². The summed E-state index contributed by atoms with van der Waals surface area (Å²) in [5.41, 5.74) is 1.01. The average molecular weight is 416 g/mol. The Hall–Kier alpha value is -3.06. The molecule has 0 radical (unpaired) electrons. The number of hydrogen-bond donors (Lipinski definition) is 3. The highest BCUT2D eigenvalue weighted by molar-refractivity contribution is 6.32. The van der Waals surface area contributed by atoms with Gasteiger partial charge in [0.2, 0.25) is 5.91 Å². The maximum Gasteiger partial charge on any atom is 0.262 e. The van der Waals surface area contributed by atoms with Crippen LogP contribution in [-0.2, 0) is 9.59 Å². The second kappa shape index (κ2) is 9.93. The number of hydrogen-bond acceptors (Lipinski definition) is 4. The molecule has 0 saturated heterocycles. The molecule has 1 saturated carbocycles. The van der Waals surface area contributed by atoms with E-state index >= 15 is 0 Å². The normalized spacial score (nSPS) is 12.7. The molecule has 2 aromatic rings. The molecule has 1 fully saturated rings. The smallest absolute Gasteiger partial charge is 0.262 e. The van der Waals surface area contributed by atoms with Crippen molar-refractivity contribution in [2.75, 3.05) is 25.0 Å². The molecule has 0 spiro atoms. The first kappa shape index (κ1) is 20.7. The van der Waals surface area contributed by atoms with Crippen LogP contribution in [-0.4, -0.2) is 37.4 Å². The van der Waals surface area contributed by atoms with Crippen LogP contribution in [0.1, 0.15) is 23.2 Å². The molecule has 3 N–H and O–H groups in total. The molecule has 0 aromatic heterocycles. The Balaban J connectivity index is 1.39. The zero-order chi connectivity index (χ0) is 20.6. The standard InChI is InChI=1S/C21H22ClN3O4/c22-17-3-1-2-4-18(17)29-13-19(26)25-16-9-7-15(8-10-16)21(28)24-12-11-23-20(27)14-5-6-14/h1-4,7-10,14H,5-6,11-13H2,(H,23,27)(H,24,28)(H,25,26). The topological polar surface area (TPSA) is 96.5 Å². The molecule has 29 heavy (non-hydrogen) atoms. The first-order chi connectivity index (χ1) is 14.0. The fourth-order valence-electron chi connectivity index (χ4n) is 2.56. The van der Waals surface area contributed by atoms with Crippen LogP contribution in [0.4, 0.5) is 5.69 Å². The lowest BCUT2D eigenvalue weighted by Crippen LogP contribution is -2.35. The Labute approximate surface area is 173 Å². The van der Waals surface area contributed by atoms with Crippen molar-refractivity contribution < 1.29 is 19.1 Å². The Kier molecular flexibility index (Phi) is 7.08. The van der Waals surface area contributed by atoms with E-state index in [-0.39, 0.29) is 30.2 Å². The minimum Gasteiger partial charge on any atom is -0.482 e. The Morgan fingerprint density at radius 1 is 0.966 bits per heavy atom. The molecule has 3 rings (SSSR count). The highest BCUT2D eigenvalue weighted by Gasteiger charge is 2.28. The molecule has 152 valence electrons. The van der Waals surface area contributed by atoms with Crippen LogP contribution >= 0.6 is 11.6 Å². The summed E-state index contributed by atoms with van der Waals surface area (Å²) in [6.07, 6.45) is 1.90. The molecule has 0 atom stereocenters. The molecule has 3 amide bonds. The summed E-state index contributed by atoms with van der Waals surface area (Å²) in [6.45, 7) is 0.578. The van der Waals surface area contributed by atoms with Gasteiger partial charge in [0, 0.05) is 30.3 Å². The van der Waals surface area contributed by atoms with Gasteiger partial charge in [-0.3, -0.25) is 14.4 Å². The van der Waals surface area contributed by atoms with Crippen molar-refractivity contribution in [3.05, 3.63) is 59.1 Å². The second-order valence-electron chi connectivity index (χ2n) is 6.67. The summed E-state index contributed by atoms with van der Waals surface area (Å²) in [6, 6.07) is 13.4. The quantitative estimate of drug-likeness (QED) is 0.548. The minimum atomic E-state index is -0.339. The van der Waals surface area contributed by atoms with E-state index in [0.29, 0.717) is 35.1 Å². The molecule has 2 aromatic carbocycles. The summed E-state index contributed by atoms with van der Waals surface area (Å²) in [4.78, 5) is 35.6. The van der Waals surface area contributed by atoms with E-state index < -0.39 is 0 Å². The van der Waals surface area contributed by atoms with Gasteiger partial charge in [-0.05, 0) is 49.2 Å². The van der Waals surface area contributed by atoms with Crippen LogP contribution in [0.2, 0.25) is 5.02 Å². The van der Waals surface area contributed by atoms with Crippen LogP contribution in [0.3, 0.4) is 0 Å². The Morgan fingerprint density at radius 3 is 2.34 bits per heavy atom. The van der Waals surface area contributed by atoms with Crippen molar-refractivity contribution >= 4 is 35.0 Å². The van der Waals surface area contributed by atoms with E-state index in [1.54, 1.807) is 48.5 Å². The zero-order valence-electron chi connectivity index (χ0n) is 15.7. The SMILES string of the molecule is O=C(COc1ccccc1Cl)Nc1ccc(C(=O)NCCNC(=O)C2CC2)cc1. The molecule has 0 bridgehead atoms. The number of carbonyl (C=O) groups is 3. The number of benzene rings is 2. The Bertz CT molecular complexity index is 882. The third-order valence-electron chi connectivity index (χ3n) is 4.28. The number of nitrogens with one attached hydrogen (secondary N) is 3. The van der Waals surface area contributed by atoms with Gasteiger partial charge >= 0.3 is 0 Å². The highest BCUT2D eigenvalue weighted by atomic mass is 35.5. The van der Waals surface area contributed by atoms with Crippen LogP contribution in [0.25, 0.3) is 0 Å². The molecule has 0 heterocycles. The highest BCUT2D eigenvalue weighted by Crippen LogP contribution is 2.28. The number of anilines is 1. The monoisotopic (exact) mass is 415 g/mol. The van der Waals surface area contributed by atoms with Gasteiger partial charge in [-0.2, -0.15) is 0 Å². The first-order valence-corrected chi connectivity index (χ1v) is 9.74. The van der Waals surface area contributed by atoms with Gasteiger partial charge in [0.25, 0.3) is 11.8 Å². The van der Waals surface area contributed by atoms with E-state index in [9.17, 15) is 14.4 Å². The Morgan fingerprint density at radius 2 is 1.66 bits per heavy atom. The number of para-hydroxylation sites is 1. The lowest BCUT2D eigenvalue weighted by atomic mass is 10.2. The minimum absolute atomic E-state index is 0.0536. The molecule has 1 aliphatic rings. The largest absolute Gasteiger partial charge is 0.482 e. The van der Waals surface area contributed by atoms with Gasteiger partial charge in [0.1, 0.15) is 5.75 Å². The van der Waals surface area contributed by atoms with E-state index in [4.69, 9.17) is 16.3 Å². The van der Waals surface area contributed by atoms with Gasteiger partial charge in [-0.15, -0.1) is 0 Å². The van der Waals surface area contributed by atoms with Crippen molar-refractivity contribution in [3.63, 3.8) is 0 Å². The van der Waals surface area contributed by atoms with Gasteiger partial charge in [0.05, 0.1) is 5.02 Å². The van der Waals surface area contributed by atoms with E-state index in [0.717, 1.165) is 12.8 Å². The lowest BCUT2D eigenvalue weighted by molar-refractivity contribution is -0.122. The van der Waals surface area contributed by atoms with Crippen molar-refractivity contribution in [1.29, 1.82) is 0 Å². The molecule has 0 aliphatic heterocycles. The maximum absolute atomic E-state index is 12.1. The fourth-order valence-corrected chi connectivity index (χ4v) is 2.75. The van der Waals surface area contributed by atoms with Gasteiger partial charge in [-0.25, -0.2) is 0 Å². The van der Waals surface area contributed by atoms with Crippen molar-refractivity contribution in [3.8, 4) is 5.75 Å². The van der Waals surface area contributed by atoms with Gasteiger partial charge < -0.3 is 20.7 Å². The van der Waals surface area contributed by atoms with Crippen LogP contribution in [0.15, 0.2) is 48.5 Å². The maximum atomic E-state index is 12.1. The summed E-state index contributed by atoms with van der Waals surface area (Å²) in [5, 5.41) is 8.66. The number of halogens is 1. The van der Waals surface area contributed by atoms with E-state index in [1.165, 1.54) is 0 Å². The third-order valence-corrected chi connectivity index (χ3v) is 4.60. The van der Waals surface area contributed by atoms with Gasteiger partial charge in [0.15, 0.2) is 6.61 Å². The lowest BCUT2D eigenvalue weighted by Gasteiger charge is -2.10. The molecule has 8 heteroatoms. The summed E-state index contributed by atoms with van der Waals surface area (Å²) < 4.78 is 5.39. The molecular weight excluding hydrogens is 394 g/mol. The third kappa shape index (κ3) is 6.50. The van der Waals surface area contributed by atoms with Crippen LogP contribution < -0.4 is 20.7 Å². The number of ether oxygens (including phenoxy) is 1. The molecule has 1 aliphatic carbocycles. The van der Waals surface area contributed by atoms with Crippen LogP contribution in [0.5, 0.6) is 5.75 Å². The first-order valence-electron chi connectivity index (χ1n) is 9.36. The van der Waals surface area contributed by atoms with Crippen molar-refractivity contribution in [1.82, 2.24) is 10.6 Å².